The first-order valence-corrected chi connectivity index (χ1v) is 6.38. The molecule has 0 bridgehead atoms. The lowest BCUT2D eigenvalue weighted by Crippen LogP contribution is -2.03. The van der Waals surface area contributed by atoms with Crippen molar-refractivity contribution in [3.8, 4) is 29.5 Å². The summed E-state index contributed by atoms with van der Waals surface area (Å²) in [6.07, 6.45) is 1.44. The smallest absolute Gasteiger partial charge is 0.143 e. The number of rotatable bonds is 3. The maximum atomic E-state index is 9.33. The van der Waals surface area contributed by atoms with E-state index in [9.17, 15) is 10.5 Å². The maximum Gasteiger partial charge on any atom is 0.143 e. The first-order chi connectivity index (χ1) is 9.72. The number of nitriles is 3. The Kier molecular flexibility index (Phi) is 3.91. The first-order valence-electron chi connectivity index (χ1n) is 5.40. The molecule has 0 amide bonds. The van der Waals surface area contributed by atoms with Crippen molar-refractivity contribution in [1.29, 1.82) is 15.8 Å². The summed E-state index contributed by atoms with van der Waals surface area (Å²) in [5.74, 6) is 0.509. The molecule has 2 aromatic rings. The van der Waals surface area contributed by atoms with E-state index in [-0.39, 0.29) is 22.7 Å². The van der Waals surface area contributed by atoms with Crippen LogP contribution in [0.2, 0.25) is 0 Å². The molecule has 0 saturated carbocycles. The first kappa shape index (κ1) is 13.5. The predicted molar refractivity (Wildman–Crippen MR) is 72.1 cm³/mol. The molecule has 0 aliphatic heterocycles. The van der Waals surface area contributed by atoms with Gasteiger partial charge in [0.15, 0.2) is 0 Å². The zero-order valence-electron chi connectivity index (χ0n) is 10.1. The van der Waals surface area contributed by atoms with E-state index in [1.165, 1.54) is 6.26 Å². The van der Waals surface area contributed by atoms with Crippen LogP contribution < -0.4 is 5.73 Å². The summed E-state index contributed by atoms with van der Waals surface area (Å²) < 4.78 is 5.26. The van der Waals surface area contributed by atoms with E-state index >= 15 is 0 Å². The molecule has 7 heteroatoms. The number of nitrogens with two attached hydrogens (primary N) is 1. The minimum Gasteiger partial charge on any atom is -0.464 e. The van der Waals surface area contributed by atoms with Crippen LogP contribution in [-0.2, 0) is 0 Å². The zero-order valence-corrected chi connectivity index (χ0v) is 10.9. The normalized spacial score (nSPS) is 9.45. The molecule has 2 rings (SSSR count). The van der Waals surface area contributed by atoms with Crippen LogP contribution in [0.5, 0.6) is 0 Å². The van der Waals surface area contributed by atoms with Gasteiger partial charge < -0.3 is 10.2 Å². The van der Waals surface area contributed by atoms with Crippen LogP contribution in [0.3, 0.4) is 0 Å². The molecule has 20 heavy (non-hydrogen) atoms. The molecule has 0 fully saturated rings. The van der Waals surface area contributed by atoms with Crippen LogP contribution in [0.15, 0.2) is 27.8 Å². The summed E-state index contributed by atoms with van der Waals surface area (Å²) in [4.78, 5) is 4.03. The molecule has 0 radical (unpaired) electrons. The summed E-state index contributed by atoms with van der Waals surface area (Å²) >= 11 is 1.09. The fourth-order valence-electron chi connectivity index (χ4n) is 1.67. The Morgan fingerprint density at radius 1 is 1.25 bits per heavy atom. The van der Waals surface area contributed by atoms with Crippen molar-refractivity contribution >= 4 is 17.6 Å². The lowest BCUT2D eigenvalue weighted by Gasteiger charge is -2.09. The van der Waals surface area contributed by atoms with Crippen molar-refractivity contribution in [3.63, 3.8) is 0 Å². The van der Waals surface area contributed by atoms with Gasteiger partial charge in [0, 0.05) is 0 Å². The molecule has 0 aliphatic rings. The van der Waals surface area contributed by atoms with Crippen molar-refractivity contribution in [2.45, 2.75) is 5.03 Å². The third-order valence-electron chi connectivity index (χ3n) is 2.46. The molecule has 2 N–H and O–H groups in total. The Labute approximate surface area is 119 Å². The fraction of sp³-hybridized carbons (Fsp3) is 0.0769. The third-order valence-corrected chi connectivity index (χ3v) is 3.30. The molecule has 0 aliphatic carbocycles. The van der Waals surface area contributed by atoms with Gasteiger partial charge in [-0.05, 0) is 12.1 Å². The Balaban J connectivity index is 2.76. The van der Waals surface area contributed by atoms with Gasteiger partial charge in [-0.3, -0.25) is 0 Å². The number of thioether (sulfide) groups is 1. The SMILES string of the molecule is N#CCSc1nc(N)c(C#N)c(-c2ccco2)c1C#N. The second kappa shape index (κ2) is 5.79. The maximum absolute atomic E-state index is 9.33. The lowest BCUT2D eigenvalue weighted by molar-refractivity contribution is 0.581. The van der Waals surface area contributed by atoms with E-state index in [2.05, 4.69) is 4.98 Å². The molecular weight excluding hydrogens is 274 g/mol. The summed E-state index contributed by atoms with van der Waals surface area (Å²) in [5, 5.41) is 27.5. The molecule has 0 atom stereocenters. The summed E-state index contributed by atoms with van der Waals surface area (Å²) in [6, 6.07) is 9.18. The highest BCUT2D eigenvalue weighted by Crippen LogP contribution is 2.35. The molecule has 0 unspecified atom stereocenters. The highest BCUT2D eigenvalue weighted by atomic mass is 32.2. The standard InChI is InChI=1S/C13H7N5OS/c14-3-5-20-13-9(7-16)11(10-2-1-4-19-10)8(6-15)12(17)18-13/h1-2,4H,5H2,(H2,17,18). The zero-order chi connectivity index (χ0) is 14.5. The second-order valence-corrected chi connectivity index (χ2v) is 4.54. The lowest BCUT2D eigenvalue weighted by atomic mass is 10.0. The Hall–Kier alpha value is -2.95. The van der Waals surface area contributed by atoms with Gasteiger partial charge >= 0.3 is 0 Å². The molecule has 6 nitrogen and oxygen atoms in total. The number of nitrogen functional groups attached to an aromatic ring is 1. The average Bonchev–Trinajstić information content (AvgIpc) is 2.98. The quantitative estimate of drug-likeness (QED) is 0.855. The van der Waals surface area contributed by atoms with Crippen LogP contribution >= 0.6 is 11.8 Å². The number of aromatic nitrogens is 1. The molecule has 2 aromatic heterocycles. The molecular formula is C13H7N5OS. The number of anilines is 1. The number of furan rings is 1. The van der Waals surface area contributed by atoms with E-state index in [1.807, 2.05) is 18.2 Å². The van der Waals surface area contributed by atoms with Gasteiger partial charge in [-0.1, -0.05) is 11.8 Å². The van der Waals surface area contributed by atoms with E-state index < -0.39 is 0 Å². The van der Waals surface area contributed by atoms with E-state index in [0.29, 0.717) is 16.3 Å². The molecule has 2 heterocycles. The number of hydrogen-bond acceptors (Lipinski definition) is 7. The van der Waals surface area contributed by atoms with E-state index in [1.54, 1.807) is 12.1 Å². The predicted octanol–water partition coefficient (Wildman–Crippen LogP) is 2.28. The van der Waals surface area contributed by atoms with Crippen molar-refractivity contribution in [3.05, 3.63) is 29.5 Å². The van der Waals surface area contributed by atoms with Crippen LogP contribution in [0.25, 0.3) is 11.3 Å². The monoisotopic (exact) mass is 281 g/mol. The number of hydrogen-bond donors (Lipinski definition) is 1. The van der Waals surface area contributed by atoms with Crippen molar-refractivity contribution in [1.82, 2.24) is 4.98 Å². The van der Waals surface area contributed by atoms with Crippen LogP contribution in [0.4, 0.5) is 5.82 Å². The Bertz CT molecular complexity index is 762. The van der Waals surface area contributed by atoms with Crippen molar-refractivity contribution < 1.29 is 4.42 Å². The van der Waals surface area contributed by atoms with E-state index in [4.69, 9.17) is 15.4 Å². The Morgan fingerprint density at radius 3 is 2.55 bits per heavy atom. The molecule has 0 spiro atoms. The van der Waals surface area contributed by atoms with Gasteiger partial charge in [-0.2, -0.15) is 15.8 Å². The van der Waals surface area contributed by atoms with Crippen molar-refractivity contribution in [2.24, 2.45) is 0 Å². The molecule has 0 saturated heterocycles. The second-order valence-electron chi connectivity index (χ2n) is 3.57. The topological polar surface area (TPSA) is 123 Å². The van der Waals surface area contributed by atoms with Gasteiger partial charge in [0.25, 0.3) is 0 Å². The van der Waals surface area contributed by atoms with Crippen molar-refractivity contribution in [2.75, 3.05) is 11.5 Å². The average molecular weight is 281 g/mol. The van der Waals surface area contributed by atoms with Crippen LogP contribution in [-0.4, -0.2) is 10.7 Å². The molecule has 96 valence electrons. The highest BCUT2D eigenvalue weighted by Gasteiger charge is 2.21. The van der Waals surface area contributed by atoms with Gasteiger partial charge in [-0.15, -0.1) is 0 Å². The van der Waals surface area contributed by atoms with Gasteiger partial charge in [-0.25, -0.2) is 4.98 Å². The van der Waals surface area contributed by atoms with E-state index in [0.717, 1.165) is 11.8 Å². The Morgan fingerprint density at radius 2 is 2.00 bits per heavy atom. The summed E-state index contributed by atoms with van der Waals surface area (Å²) in [6.45, 7) is 0. The summed E-state index contributed by atoms with van der Waals surface area (Å²) in [5.41, 5.74) is 6.35. The number of nitrogens with zero attached hydrogens (tertiary/aromatic N) is 4. The summed E-state index contributed by atoms with van der Waals surface area (Å²) in [7, 11) is 0. The van der Waals surface area contributed by atoms with Gasteiger partial charge in [0.2, 0.25) is 0 Å². The fourth-order valence-corrected chi connectivity index (χ4v) is 2.33. The highest BCUT2D eigenvalue weighted by molar-refractivity contribution is 7.99. The minimum absolute atomic E-state index is 0.0124. The minimum atomic E-state index is 0.0124. The van der Waals surface area contributed by atoms with Gasteiger partial charge in [0.05, 0.1) is 29.2 Å². The van der Waals surface area contributed by atoms with Crippen LogP contribution in [0.1, 0.15) is 11.1 Å². The third kappa shape index (κ3) is 2.29. The number of pyridine rings is 1. The largest absolute Gasteiger partial charge is 0.464 e. The molecule has 0 aromatic carbocycles. The van der Waals surface area contributed by atoms with Gasteiger partial charge in [0.1, 0.15) is 34.3 Å². The van der Waals surface area contributed by atoms with Crippen LogP contribution in [0, 0.1) is 34.0 Å².